The Morgan fingerprint density at radius 1 is 1.32 bits per heavy atom. The van der Waals surface area contributed by atoms with Gasteiger partial charge in [-0.05, 0) is 63.5 Å². The molecule has 0 amide bonds. The molecule has 2 nitrogen and oxygen atoms in total. The van der Waals surface area contributed by atoms with Gasteiger partial charge in [0.25, 0.3) is 0 Å². The molecule has 2 rings (SSSR count). The van der Waals surface area contributed by atoms with Gasteiger partial charge < -0.3 is 10.6 Å². The second kappa shape index (κ2) is 5.59. The van der Waals surface area contributed by atoms with Gasteiger partial charge in [0.1, 0.15) is 5.82 Å². The van der Waals surface area contributed by atoms with Crippen LogP contribution in [0.4, 0.5) is 4.39 Å². The largest absolute Gasteiger partial charge is 0.326 e. The SMILES string of the molecule is Cc1ccc(F)cc1CC(N)C1(N(C)C)CCCC1. The van der Waals surface area contributed by atoms with Crippen LogP contribution in [0.3, 0.4) is 0 Å². The second-order valence-corrected chi connectivity index (χ2v) is 6.09. The van der Waals surface area contributed by atoms with Crippen LogP contribution in [0.2, 0.25) is 0 Å². The summed E-state index contributed by atoms with van der Waals surface area (Å²) in [6, 6.07) is 5.05. The molecule has 0 bridgehead atoms. The van der Waals surface area contributed by atoms with Crippen molar-refractivity contribution in [3.05, 3.63) is 35.1 Å². The van der Waals surface area contributed by atoms with Gasteiger partial charge in [-0.1, -0.05) is 18.9 Å². The van der Waals surface area contributed by atoms with Crippen LogP contribution in [0.1, 0.15) is 36.8 Å². The number of benzene rings is 1. The Balaban J connectivity index is 2.19. The van der Waals surface area contributed by atoms with Crippen molar-refractivity contribution in [1.29, 1.82) is 0 Å². The molecule has 0 heterocycles. The Kier molecular flexibility index (Phi) is 4.26. The van der Waals surface area contributed by atoms with Crippen molar-refractivity contribution in [2.75, 3.05) is 14.1 Å². The summed E-state index contributed by atoms with van der Waals surface area (Å²) < 4.78 is 13.4. The lowest BCUT2D eigenvalue weighted by Crippen LogP contribution is -2.56. The van der Waals surface area contributed by atoms with E-state index in [-0.39, 0.29) is 17.4 Å². The van der Waals surface area contributed by atoms with Crippen molar-refractivity contribution >= 4 is 0 Å². The van der Waals surface area contributed by atoms with E-state index in [1.54, 1.807) is 6.07 Å². The molecule has 0 radical (unpaired) electrons. The predicted octanol–water partition coefficient (Wildman–Crippen LogP) is 2.88. The predicted molar refractivity (Wildman–Crippen MR) is 77.7 cm³/mol. The molecule has 1 unspecified atom stereocenters. The zero-order valence-corrected chi connectivity index (χ0v) is 12.2. The van der Waals surface area contributed by atoms with Gasteiger partial charge in [0.15, 0.2) is 0 Å². The van der Waals surface area contributed by atoms with Gasteiger partial charge in [-0.15, -0.1) is 0 Å². The maximum atomic E-state index is 13.4. The maximum Gasteiger partial charge on any atom is 0.123 e. The summed E-state index contributed by atoms with van der Waals surface area (Å²) in [6.07, 6.45) is 5.54. The molecule has 1 fully saturated rings. The normalized spacial score (nSPS) is 19.9. The van der Waals surface area contributed by atoms with Gasteiger partial charge >= 0.3 is 0 Å². The second-order valence-electron chi connectivity index (χ2n) is 6.09. The summed E-state index contributed by atoms with van der Waals surface area (Å²) in [7, 11) is 4.23. The molecule has 1 aromatic carbocycles. The van der Waals surface area contributed by atoms with E-state index in [0.29, 0.717) is 0 Å². The molecule has 1 atom stereocenters. The smallest absolute Gasteiger partial charge is 0.123 e. The highest BCUT2D eigenvalue weighted by Gasteiger charge is 2.41. The van der Waals surface area contributed by atoms with Crippen LogP contribution in [-0.4, -0.2) is 30.6 Å². The third kappa shape index (κ3) is 2.82. The van der Waals surface area contributed by atoms with E-state index < -0.39 is 0 Å². The maximum absolute atomic E-state index is 13.4. The van der Waals surface area contributed by atoms with Crippen molar-refractivity contribution in [2.45, 2.75) is 50.6 Å². The zero-order chi connectivity index (χ0) is 14.0. The van der Waals surface area contributed by atoms with Gasteiger partial charge in [-0.3, -0.25) is 0 Å². The molecular weight excluding hydrogens is 239 g/mol. The molecule has 19 heavy (non-hydrogen) atoms. The highest BCUT2D eigenvalue weighted by molar-refractivity contribution is 5.28. The minimum atomic E-state index is -0.168. The Morgan fingerprint density at radius 2 is 1.95 bits per heavy atom. The van der Waals surface area contributed by atoms with E-state index in [4.69, 9.17) is 5.73 Å². The number of likely N-dealkylation sites (N-methyl/N-ethyl adjacent to an activating group) is 1. The summed E-state index contributed by atoms with van der Waals surface area (Å²) in [6.45, 7) is 2.03. The molecule has 0 spiro atoms. The molecule has 3 heteroatoms. The van der Waals surface area contributed by atoms with Crippen LogP contribution in [0.25, 0.3) is 0 Å². The first-order valence-electron chi connectivity index (χ1n) is 7.14. The van der Waals surface area contributed by atoms with Gasteiger partial charge in [0, 0.05) is 11.6 Å². The van der Waals surface area contributed by atoms with Crippen LogP contribution in [-0.2, 0) is 6.42 Å². The van der Waals surface area contributed by atoms with Crippen molar-refractivity contribution in [3.63, 3.8) is 0 Å². The fourth-order valence-corrected chi connectivity index (χ4v) is 3.42. The highest BCUT2D eigenvalue weighted by atomic mass is 19.1. The number of rotatable bonds is 4. The van der Waals surface area contributed by atoms with Gasteiger partial charge in [-0.2, -0.15) is 0 Å². The standard InChI is InChI=1S/C16H25FN2/c1-12-6-7-14(17)10-13(12)11-15(18)16(19(2)3)8-4-5-9-16/h6-7,10,15H,4-5,8-9,11,18H2,1-3H3. The minimum absolute atomic E-state index is 0.0606. The Morgan fingerprint density at radius 3 is 2.53 bits per heavy atom. The third-order valence-corrected chi connectivity index (χ3v) is 4.80. The molecule has 1 aliphatic carbocycles. The van der Waals surface area contributed by atoms with E-state index in [9.17, 15) is 4.39 Å². The van der Waals surface area contributed by atoms with Crippen LogP contribution < -0.4 is 5.73 Å². The average Bonchev–Trinajstić information content (AvgIpc) is 2.84. The summed E-state index contributed by atoms with van der Waals surface area (Å²) in [4.78, 5) is 2.28. The summed E-state index contributed by atoms with van der Waals surface area (Å²) >= 11 is 0. The summed E-state index contributed by atoms with van der Waals surface area (Å²) in [5, 5.41) is 0. The average molecular weight is 264 g/mol. The van der Waals surface area contributed by atoms with Crippen LogP contribution in [0, 0.1) is 12.7 Å². The van der Waals surface area contributed by atoms with Crippen LogP contribution in [0.5, 0.6) is 0 Å². The quantitative estimate of drug-likeness (QED) is 0.906. The first kappa shape index (κ1) is 14.5. The van der Waals surface area contributed by atoms with Crippen LogP contribution in [0.15, 0.2) is 18.2 Å². The van der Waals surface area contributed by atoms with Crippen molar-refractivity contribution in [3.8, 4) is 0 Å². The molecule has 0 saturated heterocycles. The van der Waals surface area contributed by atoms with E-state index in [1.807, 2.05) is 13.0 Å². The molecule has 0 aromatic heterocycles. The molecule has 106 valence electrons. The fraction of sp³-hybridized carbons (Fsp3) is 0.625. The number of hydrogen-bond acceptors (Lipinski definition) is 2. The van der Waals surface area contributed by atoms with E-state index in [2.05, 4.69) is 19.0 Å². The molecule has 0 aliphatic heterocycles. The van der Waals surface area contributed by atoms with E-state index >= 15 is 0 Å². The summed E-state index contributed by atoms with van der Waals surface area (Å²) in [5.41, 5.74) is 8.75. The number of hydrogen-bond donors (Lipinski definition) is 1. The monoisotopic (exact) mass is 264 g/mol. The zero-order valence-electron chi connectivity index (χ0n) is 12.2. The molecule has 1 aromatic rings. The van der Waals surface area contributed by atoms with E-state index in [1.165, 1.54) is 18.9 Å². The molecule has 2 N–H and O–H groups in total. The number of halogens is 1. The lowest BCUT2D eigenvalue weighted by Gasteiger charge is -2.41. The number of aryl methyl sites for hydroxylation is 1. The number of nitrogens with two attached hydrogens (primary N) is 1. The lowest BCUT2D eigenvalue weighted by molar-refractivity contribution is 0.123. The first-order valence-corrected chi connectivity index (χ1v) is 7.14. The summed E-state index contributed by atoms with van der Waals surface area (Å²) in [5.74, 6) is -0.168. The number of nitrogens with zero attached hydrogens (tertiary/aromatic N) is 1. The molecule has 1 aliphatic rings. The fourth-order valence-electron chi connectivity index (χ4n) is 3.42. The molecule has 1 saturated carbocycles. The first-order chi connectivity index (χ1) is 8.95. The van der Waals surface area contributed by atoms with Crippen LogP contribution >= 0.6 is 0 Å². The Labute approximate surface area is 115 Å². The van der Waals surface area contributed by atoms with Gasteiger partial charge in [0.2, 0.25) is 0 Å². The van der Waals surface area contributed by atoms with Crippen molar-refractivity contribution in [2.24, 2.45) is 5.73 Å². The third-order valence-electron chi connectivity index (χ3n) is 4.80. The highest BCUT2D eigenvalue weighted by Crippen LogP contribution is 2.37. The van der Waals surface area contributed by atoms with Crippen molar-refractivity contribution < 1.29 is 4.39 Å². The van der Waals surface area contributed by atoms with Crippen molar-refractivity contribution in [1.82, 2.24) is 4.90 Å². The topological polar surface area (TPSA) is 29.3 Å². The lowest BCUT2D eigenvalue weighted by atomic mass is 9.83. The van der Waals surface area contributed by atoms with E-state index in [0.717, 1.165) is 30.4 Å². The Bertz CT molecular complexity index is 436. The Hall–Kier alpha value is -0.930. The van der Waals surface area contributed by atoms with Gasteiger partial charge in [0.05, 0.1) is 0 Å². The van der Waals surface area contributed by atoms with Gasteiger partial charge in [-0.25, -0.2) is 4.39 Å². The minimum Gasteiger partial charge on any atom is -0.326 e. The molecular formula is C16H25FN2.